The van der Waals surface area contributed by atoms with Crippen LogP contribution in [0.4, 0.5) is 5.69 Å². The predicted octanol–water partition coefficient (Wildman–Crippen LogP) is 3.19. The Morgan fingerprint density at radius 3 is 2.52 bits per heavy atom. The van der Waals surface area contributed by atoms with Crippen molar-refractivity contribution in [3.63, 3.8) is 0 Å². The lowest BCUT2D eigenvalue weighted by Crippen LogP contribution is -2.28. The van der Waals surface area contributed by atoms with Crippen LogP contribution in [0.25, 0.3) is 0 Å². The van der Waals surface area contributed by atoms with E-state index in [0.29, 0.717) is 48.6 Å². The maximum absolute atomic E-state index is 12.9. The molecule has 1 saturated heterocycles. The van der Waals surface area contributed by atoms with E-state index >= 15 is 0 Å². The van der Waals surface area contributed by atoms with Crippen molar-refractivity contribution in [2.75, 3.05) is 32.1 Å². The van der Waals surface area contributed by atoms with Crippen molar-refractivity contribution in [3.8, 4) is 5.75 Å². The van der Waals surface area contributed by atoms with Crippen LogP contribution in [-0.4, -0.2) is 51.3 Å². The van der Waals surface area contributed by atoms with Gasteiger partial charge in [-0.2, -0.15) is 4.31 Å². The van der Waals surface area contributed by atoms with Crippen LogP contribution in [0.5, 0.6) is 5.75 Å². The van der Waals surface area contributed by atoms with Gasteiger partial charge in [-0.05, 0) is 61.6 Å². The third-order valence-corrected chi connectivity index (χ3v) is 7.45. The molecule has 33 heavy (non-hydrogen) atoms. The summed E-state index contributed by atoms with van der Waals surface area (Å²) in [5.74, 6) is 0.0114. The molecule has 0 atom stereocenters. The predicted molar refractivity (Wildman–Crippen MR) is 127 cm³/mol. The van der Waals surface area contributed by atoms with Crippen LogP contribution in [0.15, 0.2) is 47.4 Å². The summed E-state index contributed by atoms with van der Waals surface area (Å²) in [6.07, 6.45) is 2.94. The van der Waals surface area contributed by atoms with Crippen molar-refractivity contribution in [2.24, 2.45) is 0 Å². The number of carbonyl (C=O) groups is 2. The highest BCUT2D eigenvalue weighted by atomic mass is 32.2. The van der Waals surface area contributed by atoms with Crippen molar-refractivity contribution >= 4 is 27.5 Å². The summed E-state index contributed by atoms with van der Waals surface area (Å²) in [5.41, 5.74) is 1.48. The molecule has 1 fully saturated rings. The van der Waals surface area contributed by atoms with Crippen LogP contribution in [0, 0.1) is 0 Å². The number of amides is 2. The maximum atomic E-state index is 12.9. The average Bonchev–Trinajstić information content (AvgIpc) is 3.37. The van der Waals surface area contributed by atoms with Gasteiger partial charge in [0.1, 0.15) is 5.75 Å². The Morgan fingerprint density at radius 2 is 1.82 bits per heavy atom. The zero-order chi connectivity index (χ0) is 23.8. The van der Waals surface area contributed by atoms with Gasteiger partial charge in [-0.3, -0.25) is 9.59 Å². The normalized spacial score (nSPS) is 14.1. The molecule has 1 aliphatic heterocycles. The van der Waals surface area contributed by atoms with Gasteiger partial charge in [-0.25, -0.2) is 8.42 Å². The Kier molecular flexibility index (Phi) is 8.46. The largest absolute Gasteiger partial charge is 0.496 e. The van der Waals surface area contributed by atoms with Crippen molar-refractivity contribution in [1.82, 2.24) is 9.62 Å². The van der Waals surface area contributed by atoms with E-state index < -0.39 is 10.0 Å². The second-order valence-electron chi connectivity index (χ2n) is 7.93. The van der Waals surface area contributed by atoms with Crippen LogP contribution in [0.2, 0.25) is 0 Å². The van der Waals surface area contributed by atoms with Crippen LogP contribution < -0.4 is 15.4 Å². The monoisotopic (exact) mass is 473 g/mol. The quantitative estimate of drug-likeness (QED) is 0.551. The minimum atomic E-state index is -3.56. The smallest absolute Gasteiger partial charge is 0.253 e. The Labute approximate surface area is 195 Å². The number of nitrogens with one attached hydrogen (secondary N) is 2. The first-order valence-electron chi connectivity index (χ1n) is 11.2. The lowest BCUT2D eigenvalue weighted by molar-refractivity contribution is -0.116. The highest BCUT2D eigenvalue weighted by molar-refractivity contribution is 7.89. The lowest BCUT2D eigenvalue weighted by atomic mass is 10.1. The van der Waals surface area contributed by atoms with Gasteiger partial charge >= 0.3 is 0 Å². The molecule has 2 N–H and O–H groups in total. The summed E-state index contributed by atoms with van der Waals surface area (Å²) in [5, 5.41) is 5.61. The van der Waals surface area contributed by atoms with Gasteiger partial charge in [-0.15, -0.1) is 0 Å². The third-order valence-electron chi connectivity index (χ3n) is 5.56. The number of anilines is 1. The molecule has 8 nitrogen and oxygen atoms in total. The van der Waals surface area contributed by atoms with E-state index in [1.807, 2.05) is 6.92 Å². The molecule has 0 aliphatic carbocycles. The van der Waals surface area contributed by atoms with Crippen molar-refractivity contribution in [2.45, 2.75) is 43.9 Å². The number of hydrogen-bond donors (Lipinski definition) is 2. The van der Waals surface area contributed by atoms with Crippen LogP contribution in [0.3, 0.4) is 0 Å². The number of methoxy groups -OCH3 is 1. The molecular formula is C24H31N3O5S. The molecule has 0 spiro atoms. The minimum absolute atomic E-state index is 0.106. The summed E-state index contributed by atoms with van der Waals surface area (Å²) >= 11 is 0. The first-order chi connectivity index (χ1) is 15.9. The molecule has 2 aromatic carbocycles. The fourth-order valence-corrected chi connectivity index (χ4v) is 5.34. The molecule has 1 aliphatic rings. The molecule has 0 radical (unpaired) electrons. The fourth-order valence-electron chi connectivity index (χ4n) is 3.77. The maximum Gasteiger partial charge on any atom is 0.253 e. The van der Waals surface area contributed by atoms with Crippen molar-refractivity contribution in [1.29, 1.82) is 0 Å². The van der Waals surface area contributed by atoms with Crippen molar-refractivity contribution < 1.29 is 22.7 Å². The first kappa shape index (κ1) is 24.7. The first-order valence-corrected chi connectivity index (χ1v) is 12.6. The molecule has 0 unspecified atom stereocenters. The fraction of sp³-hybridized carbons (Fsp3) is 0.417. The number of ether oxygens (including phenoxy) is 1. The van der Waals surface area contributed by atoms with E-state index in [1.165, 1.54) is 11.4 Å². The molecule has 178 valence electrons. The number of nitrogens with zero attached hydrogens (tertiary/aromatic N) is 1. The molecule has 0 aromatic heterocycles. The third kappa shape index (κ3) is 6.11. The SMILES string of the molecule is CCCNC(=O)c1ccccc1NC(=O)CCc1cc(S(=O)(=O)N2CCCC2)ccc1OC. The van der Waals surface area contributed by atoms with Gasteiger partial charge in [0.15, 0.2) is 0 Å². The Morgan fingerprint density at radius 1 is 1.09 bits per heavy atom. The zero-order valence-corrected chi connectivity index (χ0v) is 19.9. The van der Waals surface area contributed by atoms with Gasteiger partial charge < -0.3 is 15.4 Å². The Balaban J connectivity index is 1.71. The summed E-state index contributed by atoms with van der Waals surface area (Å²) in [7, 11) is -2.05. The van der Waals surface area contributed by atoms with E-state index in [4.69, 9.17) is 4.74 Å². The summed E-state index contributed by atoms with van der Waals surface area (Å²) in [6, 6.07) is 11.6. The molecule has 0 bridgehead atoms. The Hall–Kier alpha value is -2.91. The summed E-state index contributed by atoms with van der Waals surface area (Å²) < 4.78 is 32.7. The summed E-state index contributed by atoms with van der Waals surface area (Å²) in [4.78, 5) is 25.2. The average molecular weight is 474 g/mol. The molecule has 2 aromatic rings. The van der Waals surface area contributed by atoms with E-state index in [9.17, 15) is 18.0 Å². The van der Waals surface area contributed by atoms with Gasteiger partial charge in [0, 0.05) is 26.1 Å². The van der Waals surface area contributed by atoms with E-state index in [2.05, 4.69) is 10.6 Å². The van der Waals surface area contributed by atoms with E-state index in [1.54, 1.807) is 42.5 Å². The molecule has 9 heteroatoms. The summed E-state index contributed by atoms with van der Waals surface area (Å²) in [6.45, 7) is 3.57. The number of carbonyl (C=O) groups excluding carboxylic acids is 2. The number of sulfonamides is 1. The van der Waals surface area contributed by atoms with Gasteiger partial charge in [0.2, 0.25) is 15.9 Å². The van der Waals surface area contributed by atoms with Gasteiger partial charge in [0.25, 0.3) is 5.91 Å². The number of para-hydroxylation sites is 1. The lowest BCUT2D eigenvalue weighted by Gasteiger charge is -2.17. The topological polar surface area (TPSA) is 105 Å². The molecule has 3 rings (SSSR count). The zero-order valence-electron chi connectivity index (χ0n) is 19.1. The Bertz CT molecular complexity index is 1100. The van der Waals surface area contributed by atoms with E-state index in [0.717, 1.165) is 19.3 Å². The number of benzene rings is 2. The van der Waals surface area contributed by atoms with Gasteiger partial charge in [0.05, 0.1) is 23.3 Å². The second-order valence-corrected chi connectivity index (χ2v) is 9.87. The molecule has 2 amide bonds. The highest BCUT2D eigenvalue weighted by Crippen LogP contribution is 2.27. The standard InChI is InChI=1S/C24H31N3O5S/c1-3-14-25-24(29)20-8-4-5-9-21(20)26-23(28)13-10-18-17-19(11-12-22(18)32-2)33(30,31)27-15-6-7-16-27/h4-5,8-9,11-12,17H,3,6-7,10,13-16H2,1-2H3,(H,25,29)(H,26,28). The number of aryl methyl sites for hydroxylation is 1. The minimum Gasteiger partial charge on any atom is -0.496 e. The van der Waals surface area contributed by atoms with Crippen molar-refractivity contribution in [3.05, 3.63) is 53.6 Å². The molecule has 1 heterocycles. The number of hydrogen-bond acceptors (Lipinski definition) is 5. The van der Waals surface area contributed by atoms with Gasteiger partial charge in [-0.1, -0.05) is 19.1 Å². The molecular weight excluding hydrogens is 442 g/mol. The van der Waals surface area contributed by atoms with Crippen LogP contribution in [0.1, 0.15) is 48.5 Å². The van der Waals surface area contributed by atoms with Crippen LogP contribution >= 0.6 is 0 Å². The second kappa shape index (κ2) is 11.3. The number of rotatable bonds is 10. The van der Waals surface area contributed by atoms with Crippen LogP contribution in [-0.2, 0) is 21.2 Å². The van der Waals surface area contributed by atoms with E-state index in [-0.39, 0.29) is 23.1 Å². The highest BCUT2D eigenvalue weighted by Gasteiger charge is 2.27. The molecule has 0 saturated carbocycles.